The van der Waals surface area contributed by atoms with E-state index < -0.39 is 12.1 Å². The molecule has 0 aliphatic rings. The number of pyridine rings is 1. The molecule has 0 amide bonds. The molecule has 1 heterocycles. The van der Waals surface area contributed by atoms with Gasteiger partial charge < -0.3 is 5.73 Å². The molecule has 2 N–H and O–H groups in total. The van der Waals surface area contributed by atoms with Crippen LogP contribution in [0.3, 0.4) is 0 Å². The maximum absolute atomic E-state index is 12.6. The highest BCUT2D eigenvalue weighted by Crippen LogP contribution is 2.21. The van der Waals surface area contributed by atoms with Crippen LogP contribution in [0, 0.1) is 0 Å². The topological polar surface area (TPSA) is 48.0 Å². The summed E-state index contributed by atoms with van der Waals surface area (Å²) in [6.45, 7) is -1.04. The molecule has 1 atom stereocenters. The van der Waals surface area contributed by atoms with Gasteiger partial charge in [0.25, 0.3) is 5.56 Å². The molecule has 0 saturated heterocycles. The Kier molecular flexibility index (Phi) is 2.93. The number of hydrogen-bond acceptors (Lipinski definition) is 2. The highest BCUT2D eigenvalue weighted by atomic mass is 19.3. The molecule has 1 aromatic heterocycles. The van der Waals surface area contributed by atoms with Crippen molar-refractivity contribution in [2.24, 2.45) is 5.73 Å². The Bertz CT molecular complexity index is 605. The molecule has 0 radical (unpaired) electrons. The summed E-state index contributed by atoms with van der Waals surface area (Å²) in [6.07, 6.45) is 1.10. The fourth-order valence-electron chi connectivity index (χ4n) is 1.87. The third-order valence-electron chi connectivity index (χ3n) is 2.71. The van der Waals surface area contributed by atoms with Crippen molar-refractivity contribution in [3.05, 3.63) is 46.4 Å². The Labute approximate surface area is 96.5 Å². The molecule has 0 bridgehead atoms. The van der Waals surface area contributed by atoms with E-state index in [4.69, 9.17) is 5.73 Å². The summed E-state index contributed by atoms with van der Waals surface area (Å²) in [5.41, 5.74) is 5.86. The van der Waals surface area contributed by atoms with Crippen molar-refractivity contribution in [2.45, 2.75) is 19.5 Å². The molecule has 17 heavy (non-hydrogen) atoms. The summed E-state index contributed by atoms with van der Waals surface area (Å²) >= 11 is 0. The SMILES string of the molecule is CC(N)c1cccc2c(=O)n(C(F)F)ccc12. The molecule has 0 aliphatic carbocycles. The van der Waals surface area contributed by atoms with Gasteiger partial charge in [0.05, 0.1) is 0 Å². The average molecular weight is 238 g/mol. The van der Waals surface area contributed by atoms with Gasteiger partial charge in [0.1, 0.15) is 0 Å². The molecular formula is C12H12F2N2O. The fraction of sp³-hybridized carbons (Fsp3) is 0.250. The van der Waals surface area contributed by atoms with E-state index in [2.05, 4.69) is 0 Å². The van der Waals surface area contributed by atoms with Gasteiger partial charge in [-0.15, -0.1) is 0 Å². The molecule has 0 saturated carbocycles. The predicted octanol–water partition coefficient (Wildman–Crippen LogP) is 2.42. The molecule has 5 heteroatoms. The van der Waals surface area contributed by atoms with Crippen molar-refractivity contribution in [3.63, 3.8) is 0 Å². The zero-order valence-corrected chi connectivity index (χ0v) is 9.23. The Morgan fingerprint density at radius 3 is 2.53 bits per heavy atom. The number of hydrogen-bond donors (Lipinski definition) is 1. The van der Waals surface area contributed by atoms with E-state index in [0.29, 0.717) is 9.95 Å². The van der Waals surface area contributed by atoms with E-state index in [9.17, 15) is 13.6 Å². The first-order chi connectivity index (χ1) is 8.02. The summed E-state index contributed by atoms with van der Waals surface area (Å²) in [4.78, 5) is 11.8. The molecule has 1 unspecified atom stereocenters. The van der Waals surface area contributed by atoms with Gasteiger partial charge in [-0.25, -0.2) is 0 Å². The third-order valence-corrected chi connectivity index (χ3v) is 2.71. The van der Waals surface area contributed by atoms with Crippen molar-refractivity contribution in [1.82, 2.24) is 4.57 Å². The highest BCUT2D eigenvalue weighted by Gasteiger charge is 2.12. The van der Waals surface area contributed by atoms with Gasteiger partial charge in [0.2, 0.25) is 0 Å². The Hall–Kier alpha value is -1.75. The number of alkyl halides is 2. The van der Waals surface area contributed by atoms with Gasteiger partial charge in [0, 0.05) is 17.6 Å². The van der Waals surface area contributed by atoms with Gasteiger partial charge in [-0.05, 0) is 30.0 Å². The first kappa shape index (κ1) is 11.7. The van der Waals surface area contributed by atoms with E-state index in [1.807, 2.05) is 0 Å². The Morgan fingerprint density at radius 1 is 1.24 bits per heavy atom. The molecule has 2 rings (SSSR count). The predicted molar refractivity (Wildman–Crippen MR) is 62.1 cm³/mol. The van der Waals surface area contributed by atoms with Crippen LogP contribution in [0.2, 0.25) is 0 Å². The second-order valence-corrected chi connectivity index (χ2v) is 3.90. The minimum absolute atomic E-state index is 0.250. The van der Waals surface area contributed by atoms with Crippen molar-refractivity contribution >= 4 is 10.8 Å². The lowest BCUT2D eigenvalue weighted by Crippen LogP contribution is -2.20. The first-order valence-corrected chi connectivity index (χ1v) is 5.20. The highest BCUT2D eigenvalue weighted by molar-refractivity contribution is 5.85. The van der Waals surface area contributed by atoms with E-state index in [-0.39, 0.29) is 11.4 Å². The van der Waals surface area contributed by atoms with Crippen LogP contribution in [0.4, 0.5) is 8.78 Å². The maximum Gasteiger partial charge on any atom is 0.321 e. The summed E-state index contributed by atoms with van der Waals surface area (Å²) in [7, 11) is 0. The zero-order valence-electron chi connectivity index (χ0n) is 9.23. The van der Waals surface area contributed by atoms with Crippen molar-refractivity contribution in [3.8, 4) is 0 Å². The van der Waals surface area contributed by atoms with Gasteiger partial charge in [0.15, 0.2) is 0 Å². The zero-order chi connectivity index (χ0) is 12.6. The quantitative estimate of drug-likeness (QED) is 0.873. The number of nitrogens with zero attached hydrogens (tertiary/aromatic N) is 1. The lowest BCUT2D eigenvalue weighted by atomic mass is 10.0. The van der Waals surface area contributed by atoms with Crippen LogP contribution in [0.5, 0.6) is 0 Å². The monoisotopic (exact) mass is 238 g/mol. The number of benzene rings is 1. The first-order valence-electron chi connectivity index (χ1n) is 5.20. The standard InChI is InChI=1S/C12H12F2N2O/c1-7(15)8-3-2-4-10-9(8)5-6-16(11(10)17)12(13)14/h2-7,12H,15H2,1H3. The largest absolute Gasteiger partial charge is 0.324 e. The molecule has 0 spiro atoms. The van der Waals surface area contributed by atoms with Crippen molar-refractivity contribution < 1.29 is 8.78 Å². The second kappa shape index (κ2) is 4.25. The lowest BCUT2D eigenvalue weighted by molar-refractivity contribution is 0.0669. The van der Waals surface area contributed by atoms with Crippen LogP contribution in [0.25, 0.3) is 10.8 Å². The van der Waals surface area contributed by atoms with E-state index in [0.717, 1.165) is 11.8 Å². The molecule has 2 aromatic rings. The van der Waals surface area contributed by atoms with Crippen LogP contribution in [0.15, 0.2) is 35.3 Å². The van der Waals surface area contributed by atoms with E-state index in [1.165, 1.54) is 12.1 Å². The average Bonchev–Trinajstić information content (AvgIpc) is 2.28. The summed E-state index contributed by atoms with van der Waals surface area (Å²) in [6, 6.07) is 6.22. The Balaban J connectivity index is 2.81. The second-order valence-electron chi connectivity index (χ2n) is 3.90. The Morgan fingerprint density at radius 2 is 1.94 bits per heavy atom. The molecule has 1 aromatic carbocycles. The number of rotatable bonds is 2. The van der Waals surface area contributed by atoms with Gasteiger partial charge in [-0.3, -0.25) is 9.36 Å². The number of aromatic nitrogens is 1. The van der Waals surface area contributed by atoms with Crippen LogP contribution in [0.1, 0.15) is 25.1 Å². The molecular weight excluding hydrogens is 226 g/mol. The fourth-order valence-corrected chi connectivity index (χ4v) is 1.87. The summed E-state index contributed by atoms with van der Waals surface area (Å²) < 4.78 is 25.5. The lowest BCUT2D eigenvalue weighted by Gasteiger charge is -2.11. The normalized spacial score (nSPS) is 13.2. The smallest absolute Gasteiger partial charge is 0.321 e. The number of fused-ring (bicyclic) bond motifs is 1. The molecule has 3 nitrogen and oxygen atoms in total. The third kappa shape index (κ3) is 1.93. The van der Waals surface area contributed by atoms with Crippen LogP contribution >= 0.6 is 0 Å². The summed E-state index contributed by atoms with van der Waals surface area (Å²) in [5, 5.41) is 0.895. The van der Waals surface area contributed by atoms with Crippen molar-refractivity contribution in [2.75, 3.05) is 0 Å². The van der Waals surface area contributed by atoms with Gasteiger partial charge in [-0.1, -0.05) is 12.1 Å². The minimum Gasteiger partial charge on any atom is -0.324 e. The molecule has 90 valence electrons. The van der Waals surface area contributed by atoms with Gasteiger partial charge in [-0.2, -0.15) is 8.78 Å². The summed E-state index contributed by atoms with van der Waals surface area (Å²) in [5.74, 6) is 0. The van der Waals surface area contributed by atoms with Crippen LogP contribution in [-0.4, -0.2) is 4.57 Å². The minimum atomic E-state index is -2.83. The van der Waals surface area contributed by atoms with E-state index in [1.54, 1.807) is 19.1 Å². The number of halogens is 2. The van der Waals surface area contributed by atoms with Crippen LogP contribution in [-0.2, 0) is 0 Å². The molecule has 0 aliphatic heterocycles. The van der Waals surface area contributed by atoms with Gasteiger partial charge >= 0.3 is 6.55 Å². The number of nitrogens with two attached hydrogens (primary N) is 1. The van der Waals surface area contributed by atoms with E-state index >= 15 is 0 Å². The maximum atomic E-state index is 12.6. The molecule has 0 fully saturated rings. The van der Waals surface area contributed by atoms with Crippen molar-refractivity contribution in [1.29, 1.82) is 0 Å². The van der Waals surface area contributed by atoms with Crippen LogP contribution < -0.4 is 11.3 Å².